The van der Waals surface area contributed by atoms with Crippen molar-refractivity contribution >= 4 is 37.8 Å². The Morgan fingerprint density at radius 2 is 1.87 bits per heavy atom. The predicted molar refractivity (Wildman–Crippen MR) is 67.1 cm³/mol. The van der Waals surface area contributed by atoms with Gasteiger partial charge in [0.05, 0.1) is 8.95 Å². The largest absolute Gasteiger partial charge is 0.424 e. The molecule has 0 saturated heterocycles. The van der Waals surface area contributed by atoms with Crippen LogP contribution in [0, 0.1) is 6.92 Å². The Hall–Kier alpha value is -0.350. The molecule has 0 fully saturated rings. The number of benzene rings is 1. The van der Waals surface area contributed by atoms with Gasteiger partial charge < -0.3 is 4.74 Å². The van der Waals surface area contributed by atoms with Crippen molar-refractivity contribution in [1.82, 2.24) is 0 Å². The maximum Gasteiger partial charge on any atom is 0.311 e. The van der Waals surface area contributed by atoms with Crippen LogP contribution < -0.4 is 4.74 Å². The monoisotopic (exact) mass is 334 g/mol. The summed E-state index contributed by atoms with van der Waals surface area (Å²) >= 11 is 6.74. The van der Waals surface area contributed by atoms with E-state index in [2.05, 4.69) is 31.9 Å². The number of aryl methyl sites for hydroxylation is 1. The third-order valence-corrected chi connectivity index (χ3v) is 2.99. The molecule has 1 rings (SSSR count). The van der Waals surface area contributed by atoms with Crippen LogP contribution in [0.4, 0.5) is 0 Å². The zero-order valence-corrected chi connectivity index (χ0v) is 11.8. The van der Waals surface area contributed by atoms with Gasteiger partial charge in [-0.25, -0.2) is 0 Å². The molecule has 15 heavy (non-hydrogen) atoms. The summed E-state index contributed by atoms with van der Waals surface area (Å²) in [6.07, 6.45) is 1.23. The summed E-state index contributed by atoms with van der Waals surface area (Å²) in [6.45, 7) is 3.92. The Labute approximate surface area is 106 Å². The van der Waals surface area contributed by atoms with Gasteiger partial charge in [0.15, 0.2) is 5.75 Å². The van der Waals surface area contributed by atoms with Crippen LogP contribution in [0.2, 0.25) is 0 Å². The first-order valence-electron chi connectivity index (χ1n) is 4.71. The summed E-state index contributed by atoms with van der Waals surface area (Å²) in [6, 6.07) is 3.83. The summed E-state index contributed by atoms with van der Waals surface area (Å²) < 4.78 is 6.82. The predicted octanol–water partition coefficient (Wildman–Crippen LogP) is 4.23. The summed E-state index contributed by atoms with van der Waals surface area (Å²) in [5, 5.41) is 0. The van der Waals surface area contributed by atoms with Gasteiger partial charge in [-0.15, -0.1) is 0 Å². The molecule has 0 N–H and O–H groups in total. The van der Waals surface area contributed by atoms with E-state index in [1.807, 2.05) is 26.0 Å². The lowest BCUT2D eigenvalue weighted by molar-refractivity contribution is -0.134. The molecule has 4 heteroatoms. The fraction of sp³-hybridized carbons (Fsp3) is 0.364. The van der Waals surface area contributed by atoms with E-state index in [1.54, 1.807) is 0 Å². The average molecular weight is 336 g/mol. The molecule has 0 aromatic heterocycles. The molecule has 1 aromatic rings. The molecule has 0 radical (unpaired) electrons. The minimum Gasteiger partial charge on any atom is -0.424 e. The molecule has 2 nitrogen and oxygen atoms in total. The highest BCUT2D eigenvalue weighted by Gasteiger charge is 2.11. The van der Waals surface area contributed by atoms with E-state index in [0.29, 0.717) is 12.2 Å². The third kappa shape index (κ3) is 3.61. The van der Waals surface area contributed by atoms with E-state index in [4.69, 9.17) is 4.74 Å². The first-order valence-corrected chi connectivity index (χ1v) is 6.29. The molecule has 0 amide bonds. The minimum absolute atomic E-state index is 0.206. The topological polar surface area (TPSA) is 26.3 Å². The highest BCUT2D eigenvalue weighted by molar-refractivity contribution is 9.11. The van der Waals surface area contributed by atoms with E-state index in [-0.39, 0.29) is 5.97 Å². The van der Waals surface area contributed by atoms with Gasteiger partial charge in [0.25, 0.3) is 0 Å². The highest BCUT2D eigenvalue weighted by atomic mass is 79.9. The standard InChI is InChI=1S/C11H12Br2O2/c1-3-4-10(14)15-11-8(12)5-7(2)6-9(11)13/h5-6H,3-4H2,1-2H3. The molecule has 0 heterocycles. The number of carbonyl (C=O) groups is 1. The summed E-state index contributed by atoms with van der Waals surface area (Å²) in [5.74, 6) is 0.349. The number of carbonyl (C=O) groups excluding carboxylic acids is 1. The van der Waals surface area contributed by atoms with Crippen LogP contribution in [0.15, 0.2) is 21.1 Å². The molecule has 1 aromatic carbocycles. The maximum atomic E-state index is 11.3. The Kier molecular flexibility index (Phi) is 4.80. The zero-order valence-electron chi connectivity index (χ0n) is 8.64. The Morgan fingerprint density at radius 1 is 1.33 bits per heavy atom. The summed E-state index contributed by atoms with van der Waals surface area (Å²) in [4.78, 5) is 11.3. The van der Waals surface area contributed by atoms with Gasteiger partial charge in [0, 0.05) is 6.42 Å². The van der Waals surface area contributed by atoms with Crippen LogP contribution in [0.5, 0.6) is 5.75 Å². The first-order chi connectivity index (χ1) is 7.04. The third-order valence-electron chi connectivity index (χ3n) is 1.81. The molecule has 0 spiro atoms. The second-order valence-corrected chi connectivity index (χ2v) is 4.99. The van der Waals surface area contributed by atoms with Crippen molar-refractivity contribution in [3.05, 3.63) is 26.6 Å². The van der Waals surface area contributed by atoms with Gasteiger partial charge in [0.1, 0.15) is 0 Å². The average Bonchev–Trinajstić information content (AvgIpc) is 2.11. The minimum atomic E-state index is -0.206. The van der Waals surface area contributed by atoms with E-state index in [9.17, 15) is 4.79 Å². The fourth-order valence-corrected chi connectivity index (χ4v) is 2.73. The van der Waals surface area contributed by atoms with Gasteiger partial charge >= 0.3 is 5.97 Å². The Morgan fingerprint density at radius 3 is 2.33 bits per heavy atom. The van der Waals surface area contributed by atoms with E-state index in [0.717, 1.165) is 20.9 Å². The van der Waals surface area contributed by atoms with Gasteiger partial charge in [-0.2, -0.15) is 0 Å². The van der Waals surface area contributed by atoms with Crippen molar-refractivity contribution < 1.29 is 9.53 Å². The first kappa shape index (κ1) is 12.7. The quantitative estimate of drug-likeness (QED) is 0.610. The lowest BCUT2D eigenvalue weighted by Gasteiger charge is -2.09. The SMILES string of the molecule is CCCC(=O)Oc1c(Br)cc(C)cc1Br. The van der Waals surface area contributed by atoms with Crippen LogP contribution >= 0.6 is 31.9 Å². The molecule has 0 aliphatic rings. The molecule has 0 saturated carbocycles. The molecule has 82 valence electrons. The molecule has 0 atom stereocenters. The molecular formula is C11H12Br2O2. The Bertz CT molecular complexity index is 352. The van der Waals surface area contributed by atoms with Crippen LogP contribution in [0.3, 0.4) is 0 Å². The normalized spacial score (nSPS) is 10.1. The van der Waals surface area contributed by atoms with Gasteiger partial charge in [0.2, 0.25) is 0 Å². The van der Waals surface area contributed by atoms with Gasteiger partial charge in [-0.05, 0) is 62.9 Å². The molecule has 0 bridgehead atoms. The smallest absolute Gasteiger partial charge is 0.311 e. The van der Waals surface area contributed by atoms with Crippen molar-refractivity contribution in [1.29, 1.82) is 0 Å². The van der Waals surface area contributed by atoms with Crippen molar-refractivity contribution in [3.8, 4) is 5.75 Å². The van der Waals surface area contributed by atoms with E-state index >= 15 is 0 Å². The van der Waals surface area contributed by atoms with Crippen LogP contribution in [0.25, 0.3) is 0 Å². The second-order valence-electron chi connectivity index (χ2n) is 3.28. The van der Waals surface area contributed by atoms with Crippen molar-refractivity contribution in [2.24, 2.45) is 0 Å². The number of hydrogen-bond donors (Lipinski definition) is 0. The van der Waals surface area contributed by atoms with Crippen molar-refractivity contribution in [2.75, 3.05) is 0 Å². The highest BCUT2D eigenvalue weighted by Crippen LogP contribution is 2.34. The number of ether oxygens (including phenoxy) is 1. The number of halogens is 2. The fourth-order valence-electron chi connectivity index (χ4n) is 1.15. The van der Waals surface area contributed by atoms with Gasteiger partial charge in [-0.3, -0.25) is 4.79 Å². The van der Waals surface area contributed by atoms with Crippen LogP contribution in [-0.2, 0) is 4.79 Å². The van der Waals surface area contributed by atoms with Gasteiger partial charge in [-0.1, -0.05) is 6.92 Å². The zero-order chi connectivity index (χ0) is 11.4. The molecule has 0 unspecified atom stereocenters. The summed E-state index contributed by atoms with van der Waals surface area (Å²) in [5.41, 5.74) is 1.10. The number of esters is 1. The lowest BCUT2D eigenvalue weighted by atomic mass is 10.2. The van der Waals surface area contributed by atoms with Crippen molar-refractivity contribution in [2.45, 2.75) is 26.7 Å². The maximum absolute atomic E-state index is 11.3. The van der Waals surface area contributed by atoms with Crippen LogP contribution in [0.1, 0.15) is 25.3 Å². The van der Waals surface area contributed by atoms with Crippen molar-refractivity contribution in [3.63, 3.8) is 0 Å². The number of rotatable bonds is 3. The van der Waals surface area contributed by atoms with Crippen LogP contribution in [-0.4, -0.2) is 5.97 Å². The lowest BCUT2D eigenvalue weighted by Crippen LogP contribution is -2.07. The second kappa shape index (κ2) is 5.66. The molecule has 0 aliphatic heterocycles. The summed E-state index contributed by atoms with van der Waals surface area (Å²) in [7, 11) is 0. The van der Waals surface area contributed by atoms with E-state index < -0.39 is 0 Å². The Balaban J connectivity index is 2.90. The molecule has 0 aliphatic carbocycles. The molecular weight excluding hydrogens is 324 g/mol. The van der Waals surface area contributed by atoms with E-state index in [1.165, 1.54) is 0 Å². The number of hydrogen-bond acceptors (Lipinski definition) is 2.